The van der Waals surface area contributed by atoms with Gasteiger partial charge in [-0.2, -0.15) is 0 Å². The van der Waals surface area contributed by atoms with Crippen molar-refractivity contribution in [1.29, 1.82) is 0 Å². The predicted molar refractivity (Wildman–Crippen MR) is 66.9 cm³/mol. The molecule has 0 aliphatic carbocycles. The molecule has 0 saturated carbocycles. The van der Waals surface area contributed by atoms with E-state index in [1.807, 2.05) is 0 Å². The lowest BCUT2D eigenvalue weighted by Gasteiger charge is -1.98. The molecule has 3 aromatic rings. The van der Waals surface area contributed by atoms with Crippen molar-refractivity contribution in [3.63, 3.8) is 0 Å². The van der Waals surface area contributed by atoms with Crippen LogP contribution in [0.4, 0.5) is 0 Å². The molecule has 0 fully saturated rings. The topological polar surface area (TPSA) is 28.9 Å². The van der Waals surface area contributed by atoms with Crippen molar-refractivity contribution >= 4 is 22.1 Å². The van der Waals surface area contributed by atoms with E-state index in [1.54, 1.807) is 0 Å². The zero-order chi connectivity index (χ0) is 11.3. The van der Waals surface area contributed by atoms with Crippen LogP contribution in [0.25, 0.3) is 22.1 Å². The van der Waals surface area contributed by atoms with Gasteiger partial charge in [0.1, 0.15) is 5.58 Å². The van der Waals surface area contributed by atoms with Gasteiger partial charge in [-0.25, -0.2) is 0 Å². The maximum Gasteiger partial charge on any atom is 0.153 e. The second kappa shape index (κ2) is 3.14. The first-order valence-corrected chi connectivity index (χ1v) is 5.67. The SMILES string of the molecule is Cc1ccc2c(c1)oc1cc(C(C)C)[nH]c12. The Morgan fingerprint density at radius 1 is 1.12 bits per heavy atom. The van der Waals surface area contributed by atoms with Crippen LogP contribution in [0.3, 0.4) is 0 Å². The minimum absolute atomic E-state index is 0.503. The summed E-state index contributed by atoms with van der Waals surface area (Å²) >= 11 is 0. The number of fused-ring (bicyclic) bond motifs is 3. The van der Waals surface area contributed by atoms with Crippen LogP contribution in [0.1, 0.15) is 31.0 Å². The molecule has 0 saturated heterocycles. The average Bonchev–Trinajstić information content (AvgIpc) is 2.73. The summed E-state index contributed by atoms with van der Waals surface area (Å²) in [5.74, 6) is 0.503. The van der Waals surface area contributed by atoms with Crippen LogP contribution >= 0.6 is 0 Å². The molecule has 2 aromatic heterocycles. The van der Waals surface area contributed by atoms with E-state index in [4.69, 9.17) is 4.42 Å². The molecule has 0 bridgehead atoms. The molecule has 0 amide bonds. The summed E-state index contributed by atoms with van der Waals surface area (Å²) in [5.41, 5.74) is 5.52. The van der Waals surface area contributed by atoms with Gasteiger partial charge in [0.25, 0.3) is 0 Å². The first-order chi connectivity index (χ1) is 7.65. The number of nitrogens with one attached hydrogen (secondary N) is 1. The van der Waals surface area contributed by atoms with E-state index in [1.165, 1.54) is 16.6 Å². The van der Waals surface area contributed by atoms with Gasteiger partial charge in [0.15, 0.2) is 5.58 Å². The highest BCUT2D eigenvalue weighted by atomic mass is 16.3. The zero-order valence-electron chi connectivity index (χ0n) is 9.79. The van der Waals surface area contributed by atoms with E-state index in [-0.39, 0.29) is 0 Å². The smallest absolute Gasteiger partial charge is 0.153 e. The average molecular weight is 213 g/mol. The van der Waals surface area contributed by atoms with E-state index < -0.39 is 0 Å². The molecule has 1 aromatic carbocycles. The van der Waals surface area contributed by atoms with Gasteiger partial charge in [-0.05, 0) is 30.5 Å². The molecule has 0 aliphatic heterocycles. The van der Waals surface area contributed by atoms with Crippen molar-refractivity contribution < 1.29 is 4.42 Å². The third kappa shape index (κ3) is 1.26. The van der Waals surface area contributed by atoms with E-state index in [0.29, 0.717) is 5.92 Å². The number of furan rings is 1. The Morgan fingerprint density at radius 3 is 2.69 bits per heavy atom. The van der Waals surface area contributed by atoms with Gasteiger partial charge in [0.05, 0.1) is 5.52 Å². The molecule has 3 rings (SSSR count). The van der Waals surface area contributed by atoms with Gasteiger partial charge < -0.3 is 9.40 Å². The number of benzene rings is 1. The Bertz CT molecular complexity index is 658. The first kappa shape index (κ1) is 9.52. The van der Waals surface area contributed by atoms with E-state index in [2.05, 4.69) is 50.0 Å². The highest BCUT2D eigenvalue weighted by Gasteiger charge is 2.11. The zero-order valence-corrected chi connectivity index (χ0v) is 9.79. The second-order valence-electron chi connectivity index (χ2n) is 4.72. The monoisotopic (exact) mass is 213 g/mol. The van der Waals surface area contributed by atoms with Crippen LogP contribution in [-0.4, -0.2) is 4.98 Å². The number of hydrogen-bond acceptors (Lipinski definition) is 1. The fourth-order valence-electron chi connectivity index (χ4n) is 2.09. The molecule has 2 nitrogen and oxygen atoms in total. The van der Waals surface area contributed by atoms with Gasteiger partial charge in [-0.15, -0.1) is 0 Å². The molecule has 0 radical (unpaired) electrons. The number of aryl methyl sites for hydroxylation is 1. The number of aromatic nitrogens is 1. The second-order valence-corrected chi connectivity index (χ2v) is 4.72. The number of aromatic amines is 1. The van der Waals surface area contributed by atoms with Crippen molar-refractivity contribution in [1.82, 2.24) is 4.98 Å². The Hall–Kier alpha value is -1.70. The maximum absolute atomic E-state index is 5.83. The number of H-pyrrole nitrogens is 1. The fraction of sp³-hybridized carbons (Fsp3) is 0.286. The quantitative estimate of drug-likeness (QED) is 0.639. The third-order valence-electron chi connectivity index (χ3n) is 3.05. The summed E-state index contributed by atoms with van der Waals surface area (Å²) in [5, 5.41) is 1.17. The highest BCUT2D eigenvalue weighted by Crippen LogP contribution is 2.31. The lowest BCUT2D eigenvalue weighted by atomic mass is 10.1. The van der Waals surface area contributed by atoms with Crippen molar-refractivity contribution in [3.8, 4) is 0 Å². The summed E-state index contributed by atoms with van der Waals surface area (Å²) in [6, 6.07) is 8.43. The normalized spacial score (nSPS) is 12.0. The Morgan fingerprint density at radius 2 is 1.94 bits per heavy atom. The lowest BCUT2D eigenvalue weighted by Crippen LogP contribution is -1.85. The lowest BCUT2D eigenvalue weighted by molar-refractivity contribution is 0.668. The van der Waals surface area contributed by atoms with Crippen LogP contribution in [0.5, 0.6) is 0 Å². The van der Waals surface area contributed by atoms with Gasteiger partial charge in [-0.1, -0.05) is 19.9 Å². The summed E-state index contributed by atoms with van der Waals surface area (Å²) in [7, 11) is 0. The molecule has 2 heteroatoms. The van der Waals surface area contributed by atoms with Crippen LogP contribution in [-0.2, 0) is 0 Å². The van der Waals surface area contributed by atoms with Crippen LogP contribution in [0.2, 0.25) is 0 Å². The van der Waals surface area contributed by atoms with Crippen LogP contribution in [0.15, 0.2) is 28.7 Å². The van der Waals surface area contributed by atoms with Crippen LogP contribution in [0, 0.1) is 6.92 Å². The van der Waals surface area contributed by atoms with Crippen molar-refractivity contribution in [2.45, 2.75) is 26.7 Å². The molecule has 0 aliphatic rings. The van der Waals surface area contributed by atoms with E-state index >= 15 is 0 Å². The first-order valence-electron chi connectivity index (χ1n) is 5.67. The molecule has 1 N–H and O–H groups in total. The minimum atomic E-state index is 0.503. The van der Waals surface area contributed by atoms with Gasteiger partial charge >= 0.3 is 0 Å². The molecule has 16 heavy (non-hydrogen) atoms. The molecular formula is C14H15NO. The highest BCUT2D eigenvalue weighted by molar-refractivity contribution is 6.03. The molecule has 0 spiro atoms. The Balaban J connectivity index is 2.34. The summed E-state index contributed by atoms with van der Waals surface area (Å²) < 4.78 is 5.83. The van der Waals surface area contributed by atoms with Gasteiger partial charge in [-0.3, -0.25) is 0 Å². The largest absolute Gasteiger partial charge is 0.454 e. The maximum atomic E-state index is 5.83. The van der Waals surface area contributed by atoms with Crippen molar-refractivity contribution in [2.75, 3.05) is 0 Å². The number of hydrogen-bond donors (Lipinski definition) is 1. The summed E-state index contributed by atoms with van der Waals surface area (Å²) in [6.07, 6.45) is 0. The Labute approximate surface area is 94.3 Å². The minimum Gasteiger partial charge on any atom is -0.454 e. The van der Waals surface area contributed by atoms with Crippen molar-refractivity contribution in [3.05, 3.63) is 35.5 Å². The standard InChI is InChI=1S/C14H15NO/c1-8(2)11-7-13-14(15-11)10-5-4-9(3)6-12(10)16-13/h4-8,15H,1-3H3. The van der Waals surface area contributed by atoms with Gasteiger partial charge in [0, 0.05) is 17.1 Å². The molecular weight excluding hydrogens is 198 g/mol. The summed E-state index contributed by atoms with van der Waals surface area (Å²) in [4.78, 5) is 3.44. The summed E-state index contributed by atoms with van der Waals surface area (Å²) in [6.45, 7) is 6.43. The van der Waals surface area contributed by atoms with Gasteiger partial charge in [0.2, 0.25) is 0 Å². The van der Waals surface area contributed by atoms with Crippen molar-refractivity contribution in [2.24, 2.45) is 0 Å². The third-order valence-corrected chi connectivity index (χ3v) is 3.05. The fourth-order valence-corrected chi connectivity index (χ4v) is 2.09. The predicted octanol–water partition coefficient (Wildman–Crippen LogP) is 4.35. The number of rotatable bonds is 1. The van der Waals surface area contributed by atoms with E-state index in [9.17, 15) is 0 Å². The Kier molecular flexibility index (Phi) is 1.87. The van der Waals surface area contributed by atoms with Crippen LogP contribution < -0.4 is 0 Å². The molecule has 82 valence electrons. The van der Waals surface area contributed by atoms with E-state index in [0.717, 1.165) is 16.7 Å². The molecule has 0 unspecified atom stereocenters. The molecule has 2 heterocycles. The molecule has 0 atom stereocenters.